The Morgan fingerprint density at radius 1 is 1.50 bits per heavy atom. The number of carbonyl (C=O) groups is 1. The van der Waals surface area contributed by atoms with Gasteiger partial charge in [-0.15, -0.1) is 0 Å². The van der Waals surface area contributed by atoms with Gasteiger partial charge in [0, 0.05) is 0 Å². The molecule has 3 nitrogen and oxygen atoms in total. The Bertz CT molecular complexity index is 234. The molecule has 1 rings (SSSR count). The molecule has 1 fully saturated rings. The summed E-state index contributed by atoms with van der Waals surface area (Å²) in [5.41, 5.74) is -1.68. The zero-order valence-corrected chi connectivity index (χ0v) is 7.60. The predicted molar refractivity (Wildman–Crippen MR) is 40.8 cm³/mol. The van der Waals surface area contributed by atoms with Crippen molar-refractivity contribution in [3.63, 3.8) is 0 Å². The van der Waals surface area contributed by atoms with Crippen molar-refractivity contribution in [2.24, 2.45) is 5.92 Å². The molecule has 0 aromatic carbocycles. The van der Waals surface area contributed by atoms with Gasteiger partial charge in [0.25, 0.3) is 0 Å². The summed E-state index contributed by atoms with van der Waals surface area (Å²) < 4.78 is 39.9. The molecule has 1 saturated carbocycles. The molecule has 0 aliphatic heterocycles. The minimum Gasteiger partial charge on any atom is -0.479 e. The van der Waals surface area contributed by atoms with Crippen molar-refractivity contribution < 1.29 is 27.8 Å². The summed E-state index contributed by atoms with van der Waals surface area (Å²) in [6.45, 7) is -0.314. The van der Waals surface area contributed by atoms with E-state index in [-0.39, 0.29) is 5.92 Å². The molecule has 0 aromatic rings. The Balaban J connectivity index is 2.56. The maximum absolute atomic E-state index is 11.8. The third kappa shape index (κ3) is 2.60. The fraction of sp³-hybridized carbons (Fsp3) is 0.875. The molecule has 0 aromatic heterocycles. The lowest BCUT2D eigenvalue weighted by atomic mass is 10.0. The molecular formula is C8H11F3O3. The SMILES string of the molecule is CC(OCC(F)(F)F)(C(=O)O)C1CC1. The van der Waals surface area contributed by atoms with Gasteiger partial charge in [-0.05, 0) is 25.7 Å². The van der Waals surface area contributed by atoms with Crippen LogP contribution in [0.15, 0.2) is 0 Å². The van der Waals surface area contributed by atoms with Crippen LogP contribution >= 0.6 is 0 Å². The molecule has 1 aliphatic carbocycles. The van der Waals surface area contributed by atoms with Gasteiger partial charge >= 0.3 is 12.1 Å². The number of hydrogen-bond acceptors (Lipinski definition) is 2. The van der Waals surface area contributed by atoms with Crippen LogP contribution in [0.5, 0.6) is 0 Å². The van der Waals surface area contributed by atoms with Crippen LogP contribution in [-0.2, 0) is 9.53 Å². The molecule has 6 heteroatoms. The molecule has 82 valence electrons. The van der Waals surface area contributed by atoms with E-state index in [4.69, 9.17) is 5.11 Å². The maximum Gasteiger partial charge on any atom is 0.411 e. The summed E-state index contributed by atoms with van der Waals surface area (Å²) in [4.78, 5) is 10.7. The Labute approximate surface area is 78.9 Å². The van der Waals surface area contributed by atoms with Crippen molar-refractivity contribution in [1.82, 2.24) is 0 Å². The first-order valence-electron chi connectivity index (χ1n) is 4.20. The average molecular weight is 212 g/mol. The molecule has 1 atom stereocenters. The van der Waals surface area contributed by atoms with Crippen molar-refractivity contribution in [1.29, 1.82) is 0 Å². The van der Waals surface area contributed by atoms with Crippen LogP contribution < -0.4 is 0 Å². The molecule has 0 saturated heterocycles. The molecule has 0 spiro atoms. The van der Waals surface area contributed by atoms with Gasteiger partial charge in [0.2, 0.25) is 0 Å². The summed E-state index contributed by atoms with van der Waals surface area (Å²) in [5, 5.41) is 8.75. The molecule has 1 N–H and O–H groups in total. The minimum atomic E-state index is -4.48. The van der Waals surface area contributed by atoms with Crippen LogP contribution in [0.3, 0.4) is 0 Å². The van der Waals surface area contributed by atoms with E-state index in [9.17, 15) is 18.0 Å². The first kappa shape index (κ1) is 11.3. The normalized spacial score (nSPS) is 21.7. The number of carboxylic acids is 1. The Hall–Kier alpha value is -0.780. The van der Waals surface area contributed by atoms with E-state index in [1.54, 1.807) is 0 Å². The lowest BCUT2D eigenvalue weighted by Gasteiger charge is -2.25. The number of alkyl halides is 3. The van der Waals surface area contributed by atoms with Crippen molar-refractivity contribution in [3.8, 4) is 0 Å². The van der Waals surface area contributed by atoms with E-state index < -0.39 is 24.4 Å². The molecule has 1 aliphatic rings. The van der Waals surface area contributed by atoms with Gasteiger partial charge in [-0.3, -0.25) is 0 Å². The monoisotopic (exact) mass is 212 g/mol. The number of hydrogen-bond donors (Lipinski definition) is 1. The topological polar surface area (TPSA) is 46.5 Å². The van der Waals surface area contributed by atoms with Crippen molar-refractivity contribution in [2.75, 3.05) is 6.61 Å². The van der Waals surface area contributed by atoms with Crippen LogP contribution in [0.2, 0.25) is 0 Å². The Kier molecular flexibility index (Phi) is 2.76. The average Bonchev–Trinajstić information content (AvgIpc) is 2.80. The molecular weight excluding hydrogens is 201 g/mol. The highest BCUT2D eigenvalue weighted by atomic mass is 19.4. The minimum absolute atomic E-state index is 0.289. The van der Waals surface area contributed by atoms with Gasteiger partial charge in [-0.1, -0.05) is 0 Å². The summed E-state index contributed by atoms with van der Waals surface area (Å²) in [6, 6.07) is 0. The van der Waals surface area contributed by atoms with Gasteiger partial charge in [-0.2, -0.15) is 13.2 Å². The first-order valence-corrected chi connectivity index (χ1v) is 4.20. The van der Waals surface area contributed by atoms with Gasteiger partial charge in [0.05, 0.1) is 0 Å². The second-order valence-corrected chi connectivity index (χ2v) is 3.59. The summed E-state index contributed by atoms with van der Waals surface area (Å²) in [6.07, 6.45) is -3.26. The maximum atomic E-state index is 11.8. The van der Waals surface area contributed by atoms with Crippen LogP contribution in [0.1, 0.15) is 19.8 Å². The molecule has 0 heterocycles. The highest BCUT2D eigenvalue weighted by Gasteiger charge is 2.50. The van der Waals surface area contributed by atoms with Crippen LogP contribution in [0.25, 0.3) is 0 Å². The van der Waals surface area contributed by atoms with Crippen molar-refractivity contribution in [2.45, 2.75) is 31.5 Å². The molecule has 14 heavy (non-hydrogen) atoms. The zero-order valence-electron chi connectivity index (χ0n) is 7.60. The zero-order chi connectivity index (χ0) is 11.0. The van der Waals surface area contributed by atoms with Gasteiger partial charge in [0.15, 0.2) is 5.60 Å². The fourth-order valence-electron chi connectivity index (χ4n) is 1.22. The van der Waals surface area contributed by atoms with Crippen LogP contribution in [0.4, 0.5) is 13.2 Å². The summed E-state index contributed by atoms with van der Waals surface area (Å²) >= 11 is 0. The highest BCUT2D eigenvalue weighted by molar-refractivity contribution is 5.77. The lowest BCUT2D eigenvalue weighted by Crippen LogP contribution is -2.43. The van der Waals surface area contributed by atoms with E-state index >= 15 is 0 Å². The van der Waals surface area contributed by atoms with E-state index in [0.29, 0.717) is 12.8 Å². The van der Waals surface area contributed by atoms with Crippen molar-refractivity contribution >= 4 is 5.97 Å². The predicted octanol–water partition coefficient (Wildman–Crippen LogP) is 1.82. The largest absolute Gasteiger partial charge is 0.479 e. The second kappa shape index (κ2) is 3.42. The first-order chi connectivity index (χ1) is 6.26. The van der Waals surface area contributed by atoms with Gasteiger partial charge in [-0.25, -0.2) is 4.79 Å². The third-order valence-electron chi connectivity index (χ3n) is 2.32. The number of halogens is 3. The molecule has 1 unspecified atom stereocenters. The van der Waals surface area contributed by atoms with Crippen LogP contribution in [0, 0.1) is 5.92 Å². The van der Waals surface area contributed by atoms with E-state index in [0.717, 1.165) is 0 Å². The number of rotatable bonds is 4. The number of carboxylic acid groups (broad SMARTS) is 1. The molecule has 0 amide bonds. The Morgan fingerprint density at radius 2 is 2.00 bits per heavy atom. The van der Waals surface area contributed by atoms with Crippen molar-refractivity contribution in [3.05, 3.63) is 0 Å². The summed E-state index contributed by atoms with van der Waals surface area (Å²) in [7, 11) is 0. The standard InChI is InChI=1S/C8H11F3O3/c1-7(6(12)13,5-2-3-5)14-4-8(9,10)11/h5H,2-4H2,1H3,(H,12,13). The van der Waals surface area contributed by atoms with E-state index in [1.807, 2.05) is 0 Å². The van der Waals surface area contributed by atoms with Gasteiger partial charge < -0.3 is 9.84 Å². The summed E-state index contributed by atoms with van der Waals surface area (Å²) in [5.74, 6) is -1.62. The molecule has 0 bridgehead atoms. The smallest absolute Gasteiger partial charge is 0.411 e. The third-order valence-corrected chi connectivity index (χ3v) is 2.32. The van der Waals surface area contributed by atoms with Crippen LogP contribution in [-0.4, -0.2) is 29.5 Å². The highest BCUT2D eigenvalue weighted by Crippen LogP contribution is 2.42. The second-order valence-electron chi connectivity index (χ2n) is 3.59. The Morgan fingerprint density at radius 3 is 2.29 bits per heavy atom. The quantitative estimate of drug-likeness (QED) is 0.773. The van der Waals surface area contributed by atoms with E-state index in [2.05, 4.69) is 4.74 Å². The fourth-order valence-corrected chi connectivity index (χ4v) is 1.22. The van der Waals surface area contributed by atoms with Gasteiger partial charge in [0.1, 0.15) is 6.61 Å². The molecule has 0 radical (unpaired) electrons. The van der Waals surface area contributed by atoms with E-state index in [1.165, 1.54) is 6.92 Å². The lowest BCUT2D eigenvalue weighted by molar-refractivity contribution is -0.213. The number of ether oxygens (including phenoxy) is 1. The number of aliphatic carboxylic acids is 1.